The number of hydrogen-bond acceptors (Lipinski definition) is 2. The SMILES string of the molecule is Ic1cnc2cnccc2c1. The second kappa shape index (κ2) is 2.73. The van der Waals surface area contributed by atoms with E-state index in [9.17, 15) is 0 Å². The first kappa shape index (κ1) is 6.97. The van der Waals surface area contributed by atoms with Crippen LogP contribution in [0.4, 0.5) is 0 Å². The zero-order chi connectivity index (χ0) is 7.68. The van der Waals surface area contributed by atoms with Crippen molar-refractivity contribution in [2.24, 2.45) is 0 Å². The van der Waals surface area contributed by atoms with Crippen LogP contribution in [0.3, 0.4) is 0 Å². The Morgan fingerprint density at radius 3 is 3.09 bits per heavy atom. The number of halogens is 1. The van der Waals surface area contributed by atoms with Gasteiger partial charge in [0.25, 0.3) is 0 Å². The number of nitrogens with zero attached hydrogens (tertiary/aromatic N) is 2. The van der Waals surface area contributed by atoms with Gasteiger partial charge in [0, 0.05) is 21.4 Å². The zero-order valence-corrected chi connectivity index (χ0v) is 7.82. The fourth-order valence-electron chi connectivity index (χ4n) is 0.944. The quantitative estimate of drug-likeness (QED) is 0.675. The molecule has 3 heteroatoms. The predicted molar refractivity (Wildman–Crippen MR) is 52.3 cm³/mol. The van der Waals surface area contributed by atoms with Crippen molar-refractivity contribution in [3.63, 3.8) is 0 Å². The Morgan fingerprint density at radius 1 is 1.27 bits per heavy atom. The third kappa shape index (κ3) is 1.33. The van der Waals surface area contributed by atoms with Gasteiger partial charge in [-0.2, -0.15) is 0 Å². The molecular weight excluding hydrogens is 251 g/mol. The van der Waals surface area contributed by atoms with Gasteiger partial charge in [-0.15, -0.1) is 0 Å². The van der Waals surface area contributed by atoms with Crippen LogP contribution in [0.2, 0.25) is 0 Å². The summed E-state index contributed by atoms with van der Waals surface area (Å²) in [5.41, 5.74) is 0.952. The lowest BCUT2D eigenvalue weighted by molar-refractivity contribution is 1.30. The average molecular weight is 256 g/mol. The van der Waals surface area contributed by atoms with Gasteiger partial charge in [-0.3, -0.25) is 9.97 Å². The van der Waals surface area contributed by atoms with Crippen molar-refractivity contribution in [1.82, 2.24) is 9.97 Å². The van der Waals surface area contributed by atoms with E-state index in [2.05, 4.69) is 38.6 Å². The first-order valence-electron chi connectivity index (χ1n) is 3.21. The zero-order valence-electron chi connectivity index (χ0n) is 5.66. The minimum atomic E-state index is 0.952. The molecule has 0 aliphatic rings. The Labute approximate surface area is 77.8 Å². The van der Waals surface area contributed by atoms with E-state index in [4.69, 9.17) is 0 Å². The van der Waals surface area contributed by atoms with Crippen molar-refractivity contribution in [1.29, 1.82) is 0 Å². The maximum Gasteiger partial charge on any atom is 0.0885 e. The van der Waals surface area contributed by atoms with Crippen molar-refractivity contribution in [3.8, 4) is 0 Å². The molecule has 0 saturated carbocycles. The molecule has 0 aromatic carbocycles. The van der Waals surface area contributed by atoms with Gasteiger partial charge in [0.2, 0.25) is 0 Å². The molecule has 0 bridgehead atoms. The van der Waals surface area contributed by atoms with E-state index in [1.54, 1.807) is 12.4 Å². The topological polar surface area (TPSA) is 25.8 Å². The molecule has 0 fully saturated rings. The summed E-state index contributed by atoms with van der Waals surface area (Å²) in [6.07, 6.45) is 5.38. The third-order valence-corrected chi connectivity index (χ3v) is 2.04. The van der Waals surface area contributed by atoms with E-state index in [0.717, 1.165) is 14.5 Å². The van der Waals surface area contributed by atoms with Crippen LogP contribution in [0.15, 0.2) is 30.7 Å². The van der Waals surface area contributed by atoms with Crippen LogP contribution in [-0.4, -0.2) is 9.97 Å². The van der Waals surface area contributed by atoms with E-state index >= 15 is 0 Å². The molecule has 2 aromatic heterocycles. The monoisotopic (exact) mass is 256 g/mol. The third-order valence-electron chi connectivity index (χ3n) is 1.45. The Bertz CT molecular complexity index is 387. The molecule has 54 valence electrons. The molecule has 0 aliphatic heterocycles. The fraction of sp³-hybridized carbons (Fsp3) is 0. The Hall–Kier alpha value is -0.710. The van der Waals surface area contributed by atoms with Crippen molar-refractivity contribution in [2.45, 2.75) is 0 Å². The van der Waals surface area contributed by atoms with E-state index < -0.39 is 0 Å². The van der Waals surface area contributed by atoms with Gasteiger partial charge in [0.15, 0.2) is 0 Å². The molecule has 11 heavy (non-hydrogen) atoms. The van der Waals surface area contributed by atoms with Crippen LogP contribution in [0.1, 0.15) is 0 Å². The standard InChI is InChI=1S/C8H5IN2/c9-7-3-6-1-2-10-5-8(6)11-4-7/h1-5H. The van der Waals surface area contributed by atoms with Gasteiger partial charge < -0.3 is 0 Å². The highest BCUT2D eigenvalue weighted by molar-refractivity contribution is 14.1. The maximum atomic E-state index is 4.21. The highest BCUT2D eigenvalue weighted by Crippen LogP contribution is 2.12. The van der Waals surface area contributed by atoms with Gasteiger partial charge >= 0.3 is 0 Å². The molecule has 0 amide bonds. The molecular formula is C8H5IN2. The molecule has 0 unspecified atom stereocenters. The molecule has 0 spiro atoms. The van der Waals surface area contributed by atoms with E-state index in [1.165, 1.54) is 0 Å². The minimum absolute atomic E-state index is 0.952. The Morgan fingerprint density at radius 2 is 2.18 bits per heavy atom. The maximum absolute atomic E-state index is 4.21. The summed E-state index contributed by atoms with van der Waals surface area (Å²) in [5.74, 6) is 0. The van der Waals surface area contributed by atoms with Crippen LogP contribution in [0.25, 0.3) is 10.9 Å². The van der Waals surface area contributed by atoms with E-state index in [1.807, 2.05) is 12.3 Å². The van der Waals surface area contributed by atoms with Gasteiger partial charge in [-0.05, 0) is 34.7 Å². The normalized spacial score (nSPS) is 10.3. The second-order valence-electron chi connectivity index (χ2n) is 2.22. The van der Waals surface area contributed by atoms with Crippen LogP contribution in [0, 0.1) is 3.57 Å². The molecule has 2 heterocycles. The first-order chi connectivity index (χ1) is 5.36. The molecule has 2 aromatic rings. The molecule has 0 atom stereocenters. The molecule has 2 rings (SSSR count). The number of fused-ring (bicyclic) bond motifs is 1. The van der Waals surface area contributed by atoms with Crippen LogP contribution < -0.4 is 0 Å². The van der Waals surface area contributed by atoms with Crippen molar-refractivity contribution in [2.75, 3.05) is 0 Å². The Kier molecular flexibility index (Phi) is 1.73. The van der Waals surface area contributed by atoms with Gasteiger partial charge in [-0.25, -0.2) is 0 Å². The summed E-state index contributed by atoms with van der Waals surface area (Å²) in [7, 11) is 0. The summed E-state index contributed by atoms with van der Waals surface area (Å²) in [4.78, 5) is 8.19. The van der Waals surface area contributed by atoms with Crippen LogP contribution in [0.5, 0.6) is 0 Å². The van der Waals surface area contributed by atoms with Gasteiger partial charge in [0.1, 0.15) is 0 Å². The van der Waals surface area contributed by atoms with E-state index in [0.29, 0.717) is 0 Å². The lowest BCUT2D eigenvalue weighted by Crippen LogP contribution is -1.80. The van der Waals surface area contributed by atoms with Crippen LogP contribution >= 0.6 is 22.6 Å². The van der Waals surface area contributed by atoms with Crippen molar-refractivity contribution >= 4 is 33.5 Å². The Balaban J connectivity index is 2.83. The van der Waals surface area contributed by atoms with Gasteiger partial charge in [-0.1, -0.05) is 0 Å². The number of rotatable bonds is 0. The smallest absolute Gasteiger partial charge is 0.0885 e. The summed E-state index contributed by atoms with van der Waals surface area (Å²) < 4.78 is 1.15. The van der Waals surface area contributed by atoms with Crippen molar-refractivity contribution < 1.29 is 0 Å². The lowest BCUT2D eigenvalue weighted by Gasteiger charge is -1.94. The average Bonchev–Trinajstić information content (AvgIpc) is 2.04. The van der Waals surface area contributed by atoms with E-state index in [-0.39, 0.29) is 0 Å². The molecule has 0 saturated heterocycles. The molecule has 2 nitrogen and oxygen atoms in total. The first-order valence-corrected chi connectivity index (χ1v) is 4.29. The summed E-state index contributed by atoms with van der Waals surface area (Å²) in [6, 6.07) is 4.05. The summed E-state index contributed by atoms with van der Waals surface area (Å²) >= 11 is 2.24. The molecule has 0 aliphatic carbocycles. The summed E-state index contributed by atoms with van der Waals surface area (Å²) in [5, 5.41) is 1.15. The number of pyridine rings is 2. The summed E-state index contributed by atoms with van der Waals surface area (Å²) in [6.45, 7) is 0. The number of hydrogen-bond donors (Lipinski definition) is 0. The van der Waals surface area contributed by atoms with Gasteiger partial charge in [0.05, 0.1) is 11.7 Å². The highest BCUT2D eigenvalue weighted by Gasteiger charge is 1.92. The second-order valence-corrected chi connectivity index (χ2v) is 3.47. The number of aromatic nitrogens is 2. The largest absolute Gasteiger partial charge is 0.262 e. The predicted octanol–water partition coefficient (Wildman–Crippen LogP) is 2.23. The molecule has 0 radical (unpaired) electrons. The minimum Gasteiger partial charge on any atom is -0.262 e. The van der Waals surface area contributed by atoms with Crippen LogP contribution in [-0.2, 0) is 0 Å². The highest BCUT2D eigenvalue weighted by atomic mass is 127. The lowest BCUT2D eigenvalue weighted by atomic mass is 10.3. The molecule has 0 N–H and O–H groups in total. The van der Waals surface area contributed by atoms with Crippen molar-refractivity contribution in [3.05, 3.63) is 34.3 Å². The fourth-order valence-corrected chi connectivity index (χ4v) is 1.42.